The van der Waals surface area contributed by atoms with Gasteiger partial charge in [-0.3, -0.25) is 0 Å². The molecule has 2 rings (SSSR count). The molecule has 2 nitrogen and oxygen atoms in total. The molecule has 4 heteroatoms. The topological polar surface area (TPSA) is 18.5 Å². The highest BCUT2D eigenvalue weighted by atomic mass is 35.5. The van der Waals surface area contributed by atoms with E-state index in [0.717, 1.165) is 5.56 Å². The maximum absolute atomic E-state index is 6.45. The number of methoxy groups -OCH3 is 1. The Kier molecular flexibility index (Phi) is 4.79. The van der Waals surface area contributed by atoms with Crippen LogP contribution in [0, 0.1) is 0 Å². The minimum Gasteiger partial charge on any atom is -0.495 e. The van der Waals surface area contributed by atoms with Crippen molar-refractivity contribution in [1.82, 2.24) is 0 Å². The molecule has 20 heavy (non-hydrogen) atoms. The van der Waals surface area contributed by atoms with E-state index in [1.807, 2.05) is 44.2 Å². The van der Waals surface area contributed by atoms with Crippen molar-refractivity contribution in [2.75, 3.05) is 7.11 Å². The van der Waals surface area contributed by atoms with E-state index in [4.69, 9.17) is 32.7 Å². The molecule has 0 saturated carbocycles. The average Bonchev–Trinajstić information content (AvgIpc) is 2.42. The Labute approximate surface area is 129 Å². The van der Waals surface area contributed by atoms with Gasteiger partial charge in [0, 0.05) is 11.6 Å². The minimum absolute atomic E-state index is 0.175. The van der Waals surface area contributed by atoms with Gasteiger partial charge >= 0.3 is 0 Å². The Morgan fingerprint density at radius 2 is 1.70 bits per heavy atom. The van der Waals surface area contributed by atoms with Crippen molar-refractivity contribution in [2.24, 2.45) is 0 Å². The van der Waals surface area contributed by atoms with Crippen LogP contribution in [0.25, 0.3) is 0 Å². The van der Waals surface area contributed by atoms with E-state index in [1.54, 1.807) is 13.2 Å². The molecule has 0 aliphatic rings. The SMILES string of the molecule is COc1c(Cl)cc(Oc2ccccc2)c(Cl)c1C(C)C. The number of rotatable bonds is 4. The highest BCUT2D eigenvalue weighted by molar-refractivity contribution is 6.36. The number of hydrogen-bond donors (Lipinski definition) is 0. The second-order valence-corrected chi connectivity index (χ2v) is 5.47. The van der Waals surface area contributed by atoms with Crippen LogP contribution in [0.15, 0.2) is 36.4 Å². The van der Waals surface area contributed by atoms with Crippen LogP contribution in [0.2, 0.25) is 10.0 Å². The maximum atomic E-state index is 6.45. The Morgan fingerprint density at radius 3 is 2.25 bits per heavy atom. The summed E-state index contributed by atoms with van der Waals surface area (Å²) in [5, 5.41) is 1.02. The molecule has 0 amide bonds. The molecular formula is C16H16Cl2O2. The Morgan fingerprint density at radius 1 is 1.05 bits per heavy atom. The molecule has 0 bridgehead atoms. The van der Waals surface area contributed by atoms with E-state index in [2.05, 4.69) is 0 Å². The Hall–Kier alpha value is -1.38. The molecule has 0 fully saturated rings. The van der Waals surface area contributed by atoms with E-state index in [1.165, 1.54) is 0 Å². The summed E-state index contributed by atoms with van der Waals surface area (Å²) < 4.78 is 11.2. The van der Waals surface area contributed by atoms with Crippen LogP contribution < -0.4 is 9.47 Å². The second kappa shape index (κ2) is 6.38. The van der Waals surface area contributed by atoms with Crippen molar-refractivity contribution >= 4 is 23.2 Å². The van der Waals surface area contributed by atoms with Crippen molar-refractivity contribution in [3.8, 4) is 17.2 Å². The fraction of sp³-hybridized carbons (Fsp3) is 0.250. The fourth-order valence-electron chi connectivity index (χ4n) is 2.02. The van der Waals surface area contributed by atoms with Crippen LogP contribution in [0.5, 0.6) is 17.2 Å². The average molecular weight is 311 g/mol. The summed E-state index contributed by atoms with van der Waals surface area (Å²) in [5.74, 6) is 2.03. The van der Waals surface area contributed by atoms with Gasteiger partial charge in [-0.15, -0.1) is 0 Å². The van der Waals surface area contributed by atoms with Crippen molar-refractivity contribution < 1.29 is 9.47 Å². The summed E-state index contributed by atoms with van der Waals surface area (Å²) in [5.41, 5.74) is 0.854. The van der Waals surface area contributed by atoms with E-state index in [9.17, 15) is 0 Å². The summed E-state index contributed by atoms with van der Waals surface area (Å²) in [4.78, 5) is 0. The standard InChI is InChI=1S/C16H16Cl2O2/c1-10(2)14-15(18)13(9-12(17)16(14)19-3)20-11-7-5-4-6-8-11/h4-10H,1-3H3. The number of benzene rings is 2. The first-order chi connectivity index (χ1) is 9.54. The Balaban J connectivity index is 2.50. The van der Waals surface area contributed by atoms with Gasteiger partial charge in [-0.25, -0.2) is 0 Å². The third-order valence-corrected chi connectivity index (χ3v) is 3.60. The number of halogens is 2. The predicted molar refractivity (Wildman–Crippen MR) is 83.6 cm³/mol. The molecule has 0 spiro atoms. The summed E-state index contributed by atoms with van der Waals surface area (Å²) in [7, 11) is 1.58. The van der Waals surface area contributed by atoms with E-state index < -0.39 is 0 Å². The number of ether oxygens (including phenoxy) is 2. The number of hydrogen-bond acceptors (Lipinski definition) is 2. The van der Waals surface area contributed by atoms with Crippen LogP contribution in [0.1, 0.15) is 25.3 Å². The van der Waals surface area contributed by atoms with Crippen molar-refractivity contribution in [3.63, 3.8) is 0 Å². The molecule has 0 saturated heterocycles. The molecule has 0 radical (unpaired) electrons. The van der Waals surface area contributed by atoms with Crippen LogP contribution in [0.4, 0.5) is 0 Å². The van der Waals surface area contributed by atoms with Crippen LogP contribution >= 0.6 is 23.2 Å². The molecule has 0 N–H and O–H groups in total. The van der Waals surface area contributed by atoms with Gasteiger partial charge < -0.3 is 9.47 Å². The van der Waals surface area contributed by atoms with Crippen molar-refractivity contribution in [3.05, 3.63) is 52.0 Å². The van der Waals surface area contributed by atoms with E-state index in [-0.39, 0.29) is 5.92 Å². The molecule has 0 atom stereocenters. The van der Waals surface area contributed by atoms with E-state index >= 15 is 0 Å². The van der Waals surface area contributed by atoms with Crippen molar-refractivity contribution in [1.29, 1.82) is 0 Å². The van der Waals surface area contributed by atoms with Gasteiger partial charge in [0.15, 0.2) is 0 Å². The van der Waals surface area contributed by atoms with E-state index in [0.29, 0.717) is 27.3 Å². The van der Waals surface area contributed by atoms with Gasteiger partial charge in [0.25, 0.3) is 0 Å². The smallest absolute Gasteiger partial charge is 0.148 e. The van der Waals surface area contributed by atoms with Gasteiger partial charge in [-0.1, -0.05) is 55.2 Å². The Bertz CT molecular complexity index is 595. The van der Waals surface area contributed by atoms with Crippen molar-refractivity contribution in [2.45, 2.75) is 19.8 Å². The maximum Gasteiger partial charge on any atom is 0.148 e. The monoisotopic (exact) mass is 310 g/mol. The van der Waals surface area contributed by atoms with Crippen LogP contribution in [-0.4, -0.2) is 7.11 Å². The molecule has 0 aliphatic carbocycles. The lowest BCUT2D eigenvalue weighted by Gasteiger charge is -2.18. The van der Waals surface area contributed by atoms with Gasteiger partial charge in [0.2, 0.25) is 0 Å². The van der Waals surface area contributed by atoms with Gasteiger partial charge in [-0.2, -0.15) is 0 Å². The zero-order valence-electron chi connectivity index (χ0n) is 11.6. The lowest BCUT2D eigenvalue weighted by Crippen LogP contribution is -1.98. The van der Waals surface area contributed by atoms with Crippen LogP contribution in [-0.2, 0) is 0 Å². The zero-order valence-corrected chi connectivity index (χ0v) is 13.1. The molecule has 0 unspecified atom stereocenters. The third-order valence-electron chi connectivity index (χ3n) is 2.92. The number of para-hydroxylation sites is 1. The lowest BCUT2D eigenvalue weighted by atomic mass is 10.0. The summed E-state index contributed by atoms with van der Waals surface area (Å²) in [6.45, 7) is 4.07. The second-order valence-electron chi connectivity index (χ2n) is 4.69. The molecule has 0 aromatic heterocycles. The van der Waals surface area contributed by atoms with Gasteiger partial charge in [0.1, 0.15) is 17.2 Å². The molecule has 2 aromatic carbocycles. The lowest BCUT2D eigenvalue weighted by molar-refractivity contribution is 0.405. The molecule has 2 aromatic rings. The minimum atomic E-state index is 0.175. The zero-order chi connectivity index (χ0) is 14.7. The van der Waals surface area contributed by atoms with Crippen LogP contribution in [0.3, 0.4) is 0 Å². The molecular weight excluding hydrogens is 295 g/mol. The third kappa shape index (κ3) is 3.02. The first kappa shape index (κ1) is 15.0. The predicted octanol–water partition coefficient (Wildman–Crippen LogP) is 5.92. The normalized spacial score (nSPS) is 10.7. The van der Waals surface area contributed by atoms with Gasteiger partial charge in [0.05, 0.1) is 17.2 Å². The largest absolute Gasteiger partial charge is 0.495 e. The van der Waals surface area contributed by atoms with Gasteiger partial charge in [-0.05, 0) is 18.1 Å². The fourth-order valence-corrected chi connectivity index (χ4v) is 2.69. The summed E-state index contributed by atoms with van der Waals surface area (Å²) >= 11 is 12.7. The molecule has 0 aliphatic heterocycles. The summed E-state index contributed by atoms with van der Waals surface area (Å²) in [6, 6.07) is 11.1. The quantitative estimate of drug-likeness (QED) is 0.698. The first-order valence-electron chi connectivity index (χ1n) is 6.33. The highest BCUT2D eigenvalue weighted by Gasteiger charge is 2.20. The highest BCUT2D eigenvalue weighted by Crippen LogP contribution is 2.45. The summed E-state index contributed by atoms with van der Waals surface area (Å²) in [6.07, 6.45) is 0. The molecule has 0 heterocycles. The first-order valence-corrected chi connectivity index (χ1v) is 7.09. The molecule has 106 valence electrons.